The lowest BCUT2D eigenvalue weighted by Gasteiger charge is -2.10. The number of aromatic nitrogens is 2. The van der Waals surface area contributed by atoms with Gasteiger partial charge in [-0.2, -0.15) is 12.6 Å². The summed E-state index contributed by atoms with van der Waals surface area (Å²) in [6.45, 7) is 7.32. The molecule has 2 aromatic rings. The molecular formula is C16H24N2OS. The Labute approximate surface area is 126 Å². The Morgan fingerprint density at radius 1 is 1.35 bits per heavy atom. The molecule has 0 aliphatic rings. The van der Waals surface area contributed by atoms with E-state index in [0.717, 1.165) is 35.8 Å². The minimum absolute atomic E-state index is 0.187. The molecule has 4 heteroatoms. The fourth-order valence-corrected chi connectivity index (χ4v) is 2.56. The number of thiol groups is 1. The van der Waals surface area contributed by atoms with E-state index in [1.807, 2.05) is 26.0 Å². The SMILES string of the molecule is CCCCn1c(CCS)nc2cc(OC(C)C)ccc21. The number of rotatable bonds is 7. The van der Waals surface area contributed by atoms with Gasteiger partial charge in [0.1, 0.15) is 11.6 Å². The van der Waals surface area contributed by atoms with Gasteiger partial charge in [0.15, 0.2) is 0 Å². The number of ether oxygens (including phenoxy) is 1. The lowest BCUT2D eigenvalue weighted by atomic mass is 10.2. The molecule has 1 aromatic heterocycles. The van der Waals surface area contributed by atoms with Crippen molar-refractivity contribution in [1.29, 1.82) is 0 Å². The minimum atomic E-state index is 0.187. The van der Waals surface area contributed by atoms with Crippen molar-refractivity contribution in [1.82, 2.24) is 9.55 Å². The summed E-state index contributed by atoms with van der Waals surface area (Å²) < 4.78 is 8.08. The smallest absolute Gasteiger partial charge is 0.121 e. The zero-order chi connectivity index (χ0) is 14.5. The second-order valence-electron chi connectivity index (χ2n) is 5.32. The Balaban J connectivity index is 2.38. The van der Waals surface area contributed by atoms with Crippen molar-refractivity contribution < 1.29 is 4.74 Å². The molecule has 20 heavy (non-hydrogen) atoms. The van der Waals surface area contributed by atoms with E-state index in [0.29, 0.717) is 0 Å². The molecule has 1 heterocycles. The van der Waals surface area contributed by atoms with Crippen LogP contribution in [-0.4, -0.2) is 21.4 Å². The van der Waals surface area contributed by atoms with Crippen molar-refractivity contribution in [2.45, 2.75) is 52.7 Å². The number of fused-ring (bicyclic) bond motifs is 1. The van der Waals surface area contributed by atoms with E-state index in [1.165, 1.54) is 18.4 Å². The van der Waals surface area contributed by atoms with Crippen LogP contribution in [0.3, 0.4) is 0 Å². The third-order valence-electron chi connectivity index (χ3n) is 3.24. The molecule has 3 nitrogen and oxygen atoms in total. The highest BCUT2D eigenvalue weighted by molar-refractivity contribution is 7.80. The predicted octanol–water partition coefficient (Wildman–Crippen LogP) is 4.10. The molecule has 0 atom stereocenters. The first kappa shape index (κ1) is 15.2. The van der Waals surface area contributed by atoms with E-state index in [1.54, 1.807) is 0 Å². The van der Waals surface area contributed by atoms with E-state index < -0.39 is 0 Å². The van der Waals surface area contributed by atoms with Crippen LogP contribution in [0.1, 0.15) is 39.4 Å². The van der Waals surface area contributed by atoms with Gasteiger partial charge in [-0.1, -0.05) is 13.3 Å². The van der Waals surface area contributed by atoms with Crippen molar-refractivity contribution >= 4 is 23.7 Å². The van der Waals surface area contributed by atoms with Crippen LogP contribution < -0.4 is 4.74 Å². The zero-order valence-corrected chi connectivity index (χ0v) is 13.5. The maximum absolute atomic E-state index is 5.75. The van der Waals surface area contributed by atoms with Gasteiger partial charge in [-0.15, -0.1) is 0 Å². The summed E-state index contributed by atoms with van der Waals surface area (Å²) >= 11 is 4.34. The molecule has 2 rings (SSSR count). The molecule has 1 aromatic carbocycles. The Bertz CT molecular complexity index is 563. The van der Waals surface area contributed by atoms with Crippen LogP contribution >= 0.6 is 12.6 Å². The Kier molecular flexibility index (Phi) is 5.35. The Hall–Kier alpha value is -1.16. The standard InChI is InChI=1S/C16H24N2OS/c1-4-5-9-18-15-7-6-13(19-12(2)3)11-14(15)17-16(18)8-10-20/h6-7,11-12,20H,4-5,8-10H2,1-3H3. The number of benzene rings is 1. The molecule has 0 unspecified atom stereocenters. The second kappa shape index (κ2) is 7.02. The first-order valence-corrected chi connectivity index (χ1v) is 8.05. The van der Waals surface area contributed by atoms with E-state index in [2.05, 4.69) is 30.2 Å². The van der Waals surface area contributed by atoms with Crippen molar-refractivity contribution in [3.8, 4) is 5.75 Å². The van der Waals surface area contributed by atoms with Gasteiger partial charge in [-0.05, 0) is 38.2 Å². The maximum atomic E-state index is 5.75. The van der Waals surface area contributed by atoms with Crippen LogP contribution in [0.25, 0.3) is 11.0 Å². The van der Waals surface area contributed by atoms with Crippen molar-refractivity contribution in [3.63, 3.8) is 0 Å². The third kappa shape index (κ3) is 3.48. The second-order valence-corrected chi connectivity index (χ2v) is 5.77. The predicted molar refractivity (Wildman–Crippen MR) is 88.0 cm³/mol. The summed E-state index contributed by atoms with van der Waals surface area (Å²) in [7, 11) is 0. The monoisotopic (exact) mass is 292 g/mol. The van der Waals surface area contributed by atoms with E-state index in [4.69, 9.17) is 9.72 Å². The van der Waals surface area contributed by atoms with Gasteiger partial charge in [0, 0.05) is 19.0 Å². The van der Waals surface area contributed by atoms with Crippen LogP contribution in [0.4, 0.5) is 0 Å². The molecule has 0 saturated carbocycles. The lowest BCUT2D eigenvalue weighted by molar-refractivity contribution is 0.242. The van der Waals surface area contributed by atoms with Crippen molar-refractivity contribution in [3.05, 3.63) is 24.0 Å². The maximum Gasteiger partial charge on any atom is 0.121 e. The average Bonchev–Trinajstić information content (AvgIpc) is 2.73. The number of aryl methyl sites for hydroxylation is 2. The van der Waals surface area contributed by atoms with Crippen LogP contribution in [0, 0.1) is 0 Å². The van der Waals surface area contributed by atoms with Crippen molar-refractivity contribution in [2.24, 2.45) is 0 Å². The first-order valence-electron chi connectivity index (χ1n) is 7.42. The quantitative estimate of drug-likeness (QED) is 0.778. The normalized spacial score (nSPS) is 11.4. The van der Waals surface area contributed by atoms with Crippen LogP contribution in [0.5, 0.6) is 5.75 Å². The molecule has 0 aliphatic heterocycles. The summed E-state index contributed by atoms with van der Waals surface area (Å²) in [5.41, 5.74) is 2.22. The van der Waals surface area contributed by atoms with Gasteiger partial charge in [0.05, 0.1) is 17.1 Å². The Morgan fingerprint density at radius 3 is 2.80 bits per heavy atom. The molecule has 0 spiro atoms. The summed E-state index contributed by atoms with van der Waals surface area (Å²) in [4.78, 5) is 4.76. The van der Waals surface area contributed by atoms with Crippen LogP contribution in [0.2, 0.25) is 0 Å². The fourth-order valence-electron chi connectivity index (χ4n) is 2.36. The molecule has 0 aliphatic carbocycles. The first-order chi connectivity index (χ1) is 9.65. The van der Waals surface area contributed by atoms with Crippen LogP contribution in [0.15, 0.2) is 18.2 Å². The van der Waals surface area contributed by atoms with Gasteiger partial charge in [0.25, 0.3) is 0 Å². The average molecular weight is 292 g/mol. The Morgan fingerprint density at radius 2 is 2.15 bits per heavy atom. The highest BCUT2D eigenvalue weighted by atomic mass is 32.1. The van der Waals surface area contributed by atoms with Crippen molar-refractivity contribution in [2.75, 3.05) is 5.75 Å². The van der Waals surface area contributed by atoms with Gasteiger partial charge in [0.2, 0.25) is 0 Å². The number of hydrogen-bond acceptors (Lipinski definition) is 3. The van der Waals surface area contributed by atoms with E-state index in [9.17, 15) is 0 Å². The highest BCUT2D eigenvalue weighted by Gasteiger charge is 2.11. The van der Waals surface area contributed by atoms with Gasteiger partial charge in [-0.3, -0.25) is 0 Å². The van der Waals surface area contributed by atoms with Crippen LogP contribution in [-0.2, 0) is 13.0 Å². The summed E-state index contributed by atoms with van der Waals surface area (Å²) in [5.74, 6) is 2.85. The number of imidazole rings is 1. The lowest BCUT2D eigenvalue weighted by Crippen LogP contribution is -2.05. The number of unbranched alkanes of at least 4 members (excludes halogenated alkanes) is 1. The van der Waals surface area contributed by atoms with Gasteiger partial charge < -0.3 is 9.30 Å². The summed E-state index contributed by atoms with van der Waals surface area (Å²) in [5, 5.41) is 0. The fraction of sp³-hybridized carbons (Fsp3) is 0.562. The van der Waals surface area contributed by atoms with Gasteiger partial charge >= 0.3 is 0 Å². The molecule has 0 saturated heterocycles. The molecule has 110 valence electrons. The highest BCUT2D eigenvalue weighted by Crippen LogP contribution is 2.23. The molecule has 0 N–H and O–H groups in total. The van der Waals surface area contributed by atoms with E-state index >= 15 is 0 Å². The number of nitrogens with zero attached hydrogens (tertiary/aromatic N) is 2. The van der Waals surface area contributed by atoms with Gasteiger partial charge in [-0.25, -0.2) is 4.98 Å². The molecule has 0 bridgehead atoms. The number of hydrogen-bond donors (Lipinski definition) is 1. The third-order valence-corrected chi connectivity index (χ3v) is 3.46. The molecule has 0 radical (unpaired) electrons. The summed E-state index contributed by atoms with van der Waals surface area (Å²) in [6.07, 6.45) is 3.46. The molecule has 0 fully saturated rings. The van der Waals surface area contributed by atoms with E-state index in [-0.39, 0.29) is 6.10 Å². The summed E-state index contributed by atoms with van der Waals surface area (Å²) in [6, 6.07) is 6.20. The largest absolute Gasteiger partial charge is 0.491 e. The molecular weight excluding hydrogens is 268 g/mol. The zero-order valence-electron chi connectivity index (χ0n) is 12.6. The molecule has 0 amide bonds. The minimum Gasteiger partial charge on any atom is -0.491 e. The topological polar surface area (TPSA) is 27.1 Å².